The molecule has 1 aromatic rings. The van der Waals surface area contributed by atoms with Crippen molar-refractivity contribution in [1.29, 1.82) is 0 Å². The molecule has 128 valence electrons. The van der Waals surface area contributed by atoms with Gasteiger partial charge in [0.15, 0.2) is 0 Å². The number of nitro benzene ring substituents is 1. The molecular weight excluding hydrogens is 310 g/mol. The summed E-state index contributed by atoms with van der Waals surface area (Å²) in [6.07, 6.45) is 4.17. The number of nitro groups is 1. The molecule has 2 aliphatic rings. The predicted octanol–water partition coefficient (Wildman–Crippen LogP) is 2.07. The molecule has 1 heterocycles. The molecule has 3 rings (SSSR count). The minimum atomic E-state index is -0.535. The molecule has 0 N–H and O–H groups in total. The van der Waals surface area contributed by atoms with E-state index in [9.17, 15) is 19.7 Å². The van der Waals surface area contributed by atoms with Crippen LogP contribution in [0, 0.1) is 16.0 Å². The number of hydrogen-bond acceptors (Lipinski definition) is 4. The van der Waals surface area contributed by atoms with Gasteiger partial charge in [0.1, 0.15) is 5.56 Å². The molecule has 1 saturated heterocycles. The minimum Gasteiger partial charge on any atom is -0.339 e. The third-order valence-electron chi connectivity index (χ3n) is 4.91. The van der Waals surface area contributed by atoms with Crippen LogP contribution in [0.2, 0.25) is 0 Å². The van der Waals surface area contributed by atoms with Crippen molar-refractivity contribution in [3.8, 4) is 0 Å². The fourth-order valence-corrected chi connectivity index (χ4v) is 3.54. The average molecular weight is 331 g/mol. The molecule has 7 nitrogen and oxygen atoms in total. The van der Waals surface area contributed by atoms with Gasteiger partial charge < -0.3 is 9.80 Å². The number of amides is 2. The number of hydrogen-bond donors (Lipinski definition) is 0. The highest BCUT2D eigenvalue weighted by molar-refractivity contribution is 5.98. The molecule has 24 heavy (non-hydrogen) atoms. The molecular formula is C17H21N3O4. The maximum Gasteiger partial charge on any atom is 0.282 e. The number of benzene rings is 1. The fourth-order valence-electron chi connectivity index (χ4n) is 3.54. The van der Waals surface area contributed by atoms with Crippen molar-refractivity contribution in [2.24, 2.45) is 5.92 Å². The van der Waals surface area contributed by atoms with Crippen molar-refractivity contribution >= 4 is 17.5 Å². The zero-order valence-corrected chi connectivity index (χ0v) is 13.5. The number of piperazine rings is 1. The highest BCUT2D eigenvalue weighted by atomic mass is 16.6. The Morgan fingerprint density at radius 2 is 1.58 bits per heavy atom. The van der Waals surface area contributed by atoms with Crippen LogP contribution in [0.25, 0.3) is 0 Å². The van der Waals surface area contributed by atoms with Gasteiger partial charge in [-0.2, -0.15) is 0 Å². The van der Waals surface area contributed by atoms with E-state index in [1.807, 2.05) is 4.90 Å². The van der Waals surface area contributed by atoms with Gasteiger partial charge in [-0.3, -0.25) is 19.7 Å². The van der Waals surface area contributed by atoms with Crippen molar-refractivity contribution in [1.82, 2.24) is 9.80 Å². The van der Waals surface area contributed by atoms with Crippen LogP contribution >= 0.6 is 0 Å². The lowest BCUT2D eigenvalue weighted by atomic mass is 10.1. The summed E-state index contributed by atoms with van der Waals surface area (Å²) in [5, 5.41) is 11.1. The lowest BCUT2D eigenvalue weighted by Crippen LogP contribution is -2.51. The molecule has 1 aromatic carbocycles. The summed E-state index contributed by atoms with van der Waals surface area (Å²) < 4.78 is 0. The van der Waals surface area contributed by atoms with Crippen molar-refractivity contribution in [2.75, 3.05) is 26.2 Å². The van der Waals surface area contributed by atoms with Crippen LogP contribution in [0.15, 0.2) is 24.3 Å². The minimum absolute atomic E-state index is 0.109. The summed E-state index contributed by atoms with van der Waals surface area (Å²) >= 11 is 0. The molecule has 0 unspecified atom stereocenters. The molecule has 0 spiro atoms. The summed E-state index contributed by atoms with van der Waals surface area (Å²) in [6, 6.07) is 6.00. The second-order valence-electron chi connectivity index (χ2n) is 6.37. The fraction of sp³-hybridized carbons (Fsp3) is 0.529. The van der Waals surface area contributed by atoms with Gasteiger partial charge in [-0.1, -0.05) is 25.0 Å². The molecule has 0 bridgehead atoms. The van der Waals surface area contributed by atoms with E-state index in [0.29, 0.717) is 26.2 Å². The molecule has 1 aliphatic heterocycles. The van der Waals surface area contributed by atoms with E-state index in [1.165, 1.54) is 12.1 Å². The summed E-state index contributed by atoms with van der Waals surface area (Å²) in [5.74, 6) is 0.00279. The zero-order chi connectivity index (χ0) is 17.1. The Bertz CT molecular complexity index is 647. The first kappa shape index (κ1) is 16.4. The molecule has 2 fully saturated rings. The van der Waals surface area contributed by atoms with Crippen LogP contribution in [-0.4, -0.2) is 52.7 Å². The maximum absolute atomic E-state index is 12.6. The van der Waals surface area contributed by atoms with Crippen molar-refractivity contribution in [2.45, 2.75) is 25.7 Å². The standard InChI is InChI=1S/C17H21N3O4/c21-16(13-5-1-2-6-13)18-9-11-19(12-10-18)17(22)14-7-3-4-8-15(14)20(23)24/h3-4,7-8,13H,1-2,5-6,9-12H2. The van der Waals surface area contributed by atoms with Crippen molar-refractivity contribution in [3.05, 3.63) is 39.9 Å². The second kappa shape index (κ2) is 6.98. The third kappa shape index (κ3) is 3.25. The van der Waals surface area contributed by atoms with Crippen LogP contribution in [0.3, 0.4) is 0 Å². The molecule has 0 radical (unpaired) electrons. The molecule has 0 atom stereocenters. The Hall–Kier alpha value is -2.44. The Kier molecular flexibility index (Phi) is 4.78. The molecule has 0 aromatic heterocycles. The van der Waals surface area contributed by atoms with Gasteiger partial charge in [-0.15, -0.1) is 0 Å². The van der Waals surface area contributed by atoms with Crippen LogP contribution < -0.4 is 0 Å². The van der Waals surface area contributed by atoms with Crippen LogP contribution in [0.1, 0.15) is 36.0 Å². The second-order valence-corrected chi connectivity index (χ2v) is 6.37. The van der Waals surface area contributed by atoms with Crippen LogP contribution in [0.5, 0.6) is 0 Å². The first-order valence-electron chi connectivity index (χ1n) is 8.39. The Labute approximate surface area is 140 Å². The van der Waals surface area contributed by atoms with Crippen molar-refractivity contribution in [3.63, 3.8) is 0 Å². The van der Waals surface area contributed by atoms with Gasteiger partial charge in [0.25, 0.3) is 11.6 Å². The average Bonchev–Trinajstić information content (AvgIpc) is 3.15. The van der Waals surface area contributed by atoms with Gasteiger partial charge in [-0.25, -0.2) is 0 Å². The Morgan fingerprint density at radius 3 is 2.21 bits per heavy atom. The SMILES string of the molecule is O=C(c1ccccc1[N+](=O)[O-])N1CCN(C(=O)C2CCCC2)CC1. The van der Waals surface area contributed by atoms with E-state index in [2.05, 4.69) is 0 Å². The largest absolute Gasteiger partial charge is 0.339 e. The van der Waals surface area contributed by atoms with E-state index in [-0.39, 0.29) is 29.0 Å². The molecule has 7 heteroatoms. The summed E-state index contributed by atoms with van der Waals surface area (Å²) in [6.45, 7) is 1.84. The van der Waals surface area contributed by atoms with E-state index < -0.39 is 4.92 Å². The van der Waals surface area contributed by atoms with Crippen LogP contribution in [-0.2, 0) is 4.79 Å². The van der Waals surface area contributed by atoms with E-state index >= 15 is 0 Å². The first-order chi connectivity index (χ1) is 11.6. The highest BCUT2D eigenvalue weighted by Gasteiger charge is 2.32. The lowest BCUT2D eigenvalue weighted by molar-refractivity contribution is -0.385. The van der Waals surface area contributed by atoms with Crippen LogP contribution in [0.4, 0.5) is 5.69 Å². The number of para-hydroxylation sites is 1. The smallest absolute Gasteiger partial charge is 0.282 e. The van der Waals surface area contributed by atoms with Crippen molar-refractivity contribution < 1.29 is 14.5 Å². The summed E-state index contributed by atoms with van der Waals surface area (Å²) in [7, 11) is 0. The molecule has 1 aliphatic carbocycles. The van der Waals surface area contributed by atoms with E-state index in [0.717, 1.165) is 25.7 Å². The first-order valence-corrected chi connectivity index (χ1v) is 8.39. The number of carbonyl (C=O) groups is 2. The van der Waals surface area contributed by atoms with Gasteiger partial charge >= 0.3 is 0 Å². The molecule has 2 amide bonds. The number of carbonyl (C=O) groups excluding carboxylic acids is 2. The predicted molar refractivity (Wildman–Crippen MR) is 87.5 cm³/mol. The third-order valence-corrected chi connectivity index (χ3v) is 4.91. The topological polar surface area (TPSA) is 83.8 Å². The highest BCUT2D eigenvalue weighted by Crippen LogP contribution is 2.27. The van der Waals surface area contributed by atoms with E-state index in [1.54, 1.807) is 17.0 Å². The number of rotatable bonds is 3. The zero-order valence-electron chi connectivity index (χ0n) is 13.5. The van der Waals surface area contributed by atoms with Gasteiger partial charge in [0, 0.05) is 38.2 Å². The molecule has 1 saturated carbocycles. The maximum atomic E-state index is 12.6. The number of nitrogens with zero attached hydrogens (tertiary/aromatic N) is 3. The Morgan fingerprint density at radius 1 is 1.00 bits per heavy atom. The van der Waals surface area contributed by atoms with Gasteiger partial charge in [0.2, 0.25) is 5.91 Å². The normalized spacial score (nSPS) is 18.7. The summed E-state index contributed by atoms with van der Waals surface area (Å²) in [4.78, 5) is 39.0. The van der Waals surface area contributed by atoms with Gasteiger partial charge in [-0.05, 0) is 18.9 Å². The quantitative estimate of drug-likeness (QED) is 0.627. The monoisotopic (exact) mass is 331 g/mol. The van der Waals surface area contributed by atoms with E-state index in [4.69, 9.17) is 0 Å². The van der Waals surface area contributed by atoms with Gasteiger partial charge in [0.05, 0.1) is 4.92 Å². The lowest BCUT2D eigenvalue weighted by Gasteiger charge is -2.36. The Balaban J connectivity index is 1.63. The summed E-state index contributed by atoms with van der Waals surface area (Å²) in [5.41, 5.74) is -0.0648.